The molecule has 5 heteroatoms. The fraction of sp³-hybridized carbons (Fsp3) is 0.133. The summed E-state index contributed by atoms with van der Waals surface area (Å²) in [4.78, 5) is 26.9. The van der Waals surface area contributed by atoms with Crippen LogP contribution in [0.4, 0.5) is 0 Å². The van der Waals surface area contributed by atoms with Gasteiger partial charge in [-0.25, -0.2) is 0 Å². The number of fused-ring (bicyclic) bond motifs is 1. The number of nitrogens with zero attached hydrogens (tertiary/aromatic N) is 1. The highest BCUT2D eigenvalue weighted by Gasteiger charge is 2.34. The van der Waals surface area contributed by atoms with E-state index in [0.29, 0.717) is 30.5 Å². The van der Waals surface area contributed by atoms with Crippen molar-refractivity contribution in [2.45, 2.75) is 19.3 Å². The molecule has 3 aromatic carbocycles. The molecule has 1 aliphatic carbocycles. The Bertz CT molecular complexity index is 1300. The lowest BCUT2D eigenvalue weighted by Crippen LogP contribution is -2.30. The van der Waals surface area contributed by atoms with Gasteiger partial charge in [-0.3, -0.25) is 14.5 Å². The van der Waals surface area contributed by atoms with Gasteiger partial charge in [-0.1, -0.05) is 54.6 Å². The molecule has 5 rings (SSSR count). The van der Waals surface area contributed by atoms with Crippen molar-refractivity contribution < 1.29 is 19.8 Å². The first kappa shape index (κ1) is 22.4. The molecule has 35 heavy (non-hydrogen) atoms. The summed E-state index contributed by atoms with van der Waals surface area (Å²) in [6.07, 6.45) is 8.28. The lowest BCUT2D eigenvalue weighted by atomic mass is 9.86. The molecule has 3 aromatic rings. The Morgan fingerprint density at radius 3 is 1.80 bits per heavy atom. The maximum atomic E-state index is 12.8. The summed E-state index contributed by atoms with van der Waals surface area (Å²) in [5, 5.41) is 19.7. The molecule has 174 valence electrons. The highest BCUT2D eigenvalue weighted by Crippen LogP contribution is 2.37. The molecule has 0 saturated carbocycles. The van der Waals surface area contributed by atoms with Crippen molar-refractivity contribution in [3.8, 4) is 11.5 Å². The minimum atomic E-state index is -0.241. The van der Waals surface area contributed by atoms with Crippen LogP contribution in [-0.4, -0.2) is 33.5 Å². The summed E-state index contributed by atoms with van der Waals surface area (Å²) in [7, 11) is 0. The van der Waals surface area contributed by atoms with E-state index in [0.717, 1.165) is 28.7 Å². The molecule has 0 unspecified atom stereocenters. The predicted molar refractivity (Wildman–Crippen MR) is 135 cm³/mol. The molecule has 0 radical (unpaired) electrons. The van der Waals surface area contributed by atoms with E-state index in [1.807, 2.05) is 30.3 Å². The molecule has 2 N–H and O–H groups in total. The van der Waals surface area contributed by atoms with Gasteiger partial charge < -0.3 is 10.2 Å². The number of phenolic OH excluding ortho intramolecular Hbond substituents is 2. The minimum Gasteiger partial charge on any atom is -0.508 e. The van der Waals surface area contributed by atoms with Crippen molar-refractivity contribution in [1.29, 1.82) is 0 Å². The Labute approximate surface area is 204 Å². The van der Waals surface area contributed by atoms with Crippen molar-refractivity contribution in [2.75, 3.05) is 6.54 Å². The SMILES string of the molecule is O=C1c2ccccc2C(=O)N1CCCC(C1=CC=CC1)=C(c1ccc(O)cc1)c1ccc(O)cc1. The molecule has 1 aliphatic heterocycles. The third-order valence-electron chi connectivity index (χ3n) is 6.46. The van der Waals surface area contributed by atoms with Gasteiger partial charge in [0, 0.05) is 6.54 Å². The van der Waals surface area contributed by atoms with Crippen LogP contribution in [0, 0.1) is 0 Å². The van der Waals surface area contributed by atoms with Crippen molar-refractivity contribution >= 4 is 17.4 Å². The average Bonchev–Trinajstić information content (AvgIpc) is 3.49. The molecule has 1 heterocycles. The molecular weight excluding hydrogens is 438 g/mol. The lowest BCUT2D eigenvalue weighted by molar-refractivity contribution is 0.0652. The van der Waals surface area contributed by atoms with Crippen molar-refractivity contribution in [3.05, 3.63) is 124 Å². The maximum Gasteiger partial charge on any atom is 0.261 e. The monoisotopic (exact) mass is 463 g/mol. The Morgan fingerprint density at radius 1 is 0.771 bits per heavy atom. The van der Waals surface area contributed by atoms with Gasteiger partial charge in [0.2, 0.25) is 0 Å². The molecular formula is C30H25NO4. The number of phenols is 2. The van der Waals surface area contributed by atoms with Gasteiger partial charge in [0.05, 0.1) is 11.1 Å². The summed E-state index contributed by atoms with van der Waals surface area (Å²) < 4.78 is 0. The molecule has 0 spiro atoms. The Balaban J connectivity index is 1.49. The van der Waals surface area contributed by atoms with Crippen LogP contribution in [0.3, 0.4) is 0 Å². The Hall–Kier alpha value is -4.38. The molecule has 0 atom stereocenters. The van der Waals surface area contributed by atoms with Crippen LogP contribution in [-0.2, 0) is 0 Å². The summed E-state index contributed by atoms with van der Waals surface area (Å²) in [5.74, 6) is -0.106. The normalized spacial score (nSPS) is 14.3. The van der Waals surface area contributed by atoms with E-state index < -0.39 is 0 Å². The fourth-order valence-electron chi connectivity index (χ4n) is 4.74. The number of carbonyl (C=O) groups excluding carboxylic acids is 2. The van der Waals surface area contributed by atoms with Gasteiger partial charge in [-0.2, -0.15) is 0 Å². The van der Waals surface area contributed by atoms with Crippen LogP contribution in [0.1, 0.15) is 51.1 Å². The average molecular weight is 464 g/mol. The van der Waals surface area contributed by atoms with E-state index in [2.05, 4.69) is 12.2 Å². The predicted octanol–water partition coefficient (Wildman–Crippen LogP) is 5.86. The van der Waals surface area contributed by atoms with Crippen LogP contribution >= 0.6 is 0 Å². The van der Waals surface area contributed by atoms with Gasteiger partial charge >= 0.3 is 0 Å². The molecule has 0 fully saturated rings. The first-order valence-electron chi connectivity index (χ1n) is 11.7. The minimum absolute atomic E-state index is 0.188. The lowest BCUT2D eigenvalue weighted by Gasteiger charge is -2.20. The number of carbonyl (C=O) groups is 2. The third-order valence-corrected chi connectivity index (χ3v) is 6.46. The number of hydrogen-bond donors (Lipinski definition) is 2. The molecule has 5 nitrogen and oxygen atoms in total. The van der Waals surface area contributed by atoms with E-state index in [1.54, 1.807) is 48.5 Å². The summed E-state index contributed by atoms with van der Waals surface area (Å²) in [6, 6.07) is 21.1. The van der Waals surface area contributed by atoms with Crippen LogP contribution in [0.2, 0.25) is 0 Å². The van der Waals surface area contributed by atoms with Gasteiger partial charge in [0.15, 0.2) is 0 Å². The maximum absolute atomic E-state index is 12.8. The van der Waals surface area contributed by atoms with Crippen LogP contribution in [0.25, 0.3) is 5.57 Å². The van der Waals surface area contributed by atoms with Crippen LogP contribution in [0.5, 0.6) is 11.5 Å². The van der Waals surface area contributed by atoms with Crippen LogP contribution < -0.4 is 0 Å². The summed E-state index contributed by atoms with van der Waals surface area (Å²) >= 11 is 0. The molecule has 2 aliphatic rings. The quantitative estimate of drug-likeness (QED) is 0.430. The van der Waals surface area contributed by atoms with Gasteiger partial charge in [-0.05, 0) is 83.5 Å². The molecule has 0 saturated heterocycles. The summed E-state index contributed by atoms with van der Waals surface area (Å²) in [6.45, 7) is 0.328. The number of aromatic hydroxyl groups is 2. The topological polar surface area (TPSA) is 77.8 Å². The second-order valence-electron chi connectivity index (χ2n) is 8.68. The highest BCUT2D eigenvalue weighted by molar-refractivity contribution is 6.21. The molecule has 0 bridgehead atoms. The van der Waals surface area contributed by atoms with E-state index in [9.17, 15) is 19.8 Å². The third kappa shape index (κ3) is 4.41. The molecule has 0 aromatic heterocycles. The zero-order valence-corrected chi connectivity index (χ0v) is 19.1. The van der Waals surface area contributed by atoms with Crippen molar-refractivity contribution in [1.82, 2.24) is 4.90 Å². The first-order valence-corrected chi connectivity index (χ1v) is 11.7. The fourth-order valence-corrected chi connectivity index (χ4v) is 4.74. The first-order chi connectivity index (χ1) is 17.0. The Morgan fingerprint density at radius 2 is 1.31 bits per heavy atom. The van der Waals surface area contributed by atoms with E-state index in [4.69, 9.17) is 0 Å². The van der Waals surface area contributed by atoms with Gasteiger partial charge in [0.1, 0.15) is 11.5 Å². The molecule has 2 amide bonds. The van der Waals surface area contributed by atoms with E-state index in [-0.39, 0.29) is 23.3 Å². The van der Waals surface area contributed by atoms with Crippen LogP contribution in [0.15, 0.2) is 102 Å². The summed E-state index contributed by atoms with van der Waals surface area (Å²) in [5.41, 5.74) is 6.09. The number of benzene rings is 3. The number of rotatable bonds is 7. The van der Waals surface area contributed by atoms with Crippen molar-refractivity contribution in [2.24, 2.45) is 0 Å². The van der Waals surface area contributed by atoms with Gasteiger partial charge in [-0.15, -0.1) is 0 Å². The number of allylic oxidation sites excluding steroid dienone is 5. The number of imide groups is 1. The van der Waals surface area contributed by atoms with E-state index in [1.165, 1.54) is 10.5 Å². The Kier molecular flexibility index (Phi) is 6.06. The van der Waals surface area contributed by atoms with E-state index >= 15 is 0 Å². The second-order valence-corrected chi connectivity index (χ2v) is 8.68. The van der Waals surface area contributed by atoms with Gasteiger partial charge in [0.25, 0.3) is 11.8 Å². The zero-order valence-electron chi connectivity index (χ0n) is 19.1. The number of amides is 2. The second kappa shape index (κ2) is 9.47. The largest absolute Gasteiger partial charge is 0.508 e. The highest BCUT2D eigenvalue weighted by atomic mass is 16.3. The smallest absolute Gasteiger partial charge is 0.261 e. The zero-order chi connectivity index (χ0) is 24.4. The standard InChI is InChI=1S/C30H25NO4/c32-23-15-11-21(12-16-23)28(22-13-17-24(33)18-14-22)25(20-6-1-2-7-20)10-5-19-31-29(34)26-8-3-4-9-27(26)30(31)35/h1-4,6,8-9,11-18,32-33H,5,7,10,19H2. The van der Waals surface area contributed by atoms with Crippen molar-refractivity contribution in [3.63, 3.8) is 0 Å². The number of hydrogen-bond acceptors (Lipinski definition) is 4.